The van der Waals surface area contributed by atoms with Gasteiger partial charge in [0.25, 0.3) is 0 Å². The van der Waals surface area contributed by atoms with E-state index in [0.717, 1.165) is 148 Å². The minimum Gasteiger partial charge on any atom is -0.491 e. The van der Waals surface area contributed by atoms with E-state index in [-0.39, 0.29) is 0 Å². The summed E-state index contributed by atoms with van der Waals surface area (Å²) in [6.07, 6.45) is 4.28. The van der Waals surface area contributed by atoms with Gasteiger partial charge in [0.2, 0.25) is 0 Å². The van der Waals surface area contributed by atoms with Gasteiger partial charge in [-0.1, -0.05) is 50.4 Å². The molecule has 0 aromatic heterocycles. The van der Waals surface area contributed by atoms with Crippen LogP contribution in [0.1, 0.15) is 117 Å². The van der Waals surface area contributed by atoms with Crippen LogP contribution in [0.25, 0.3) is 0 Å². The molecule has 0 heterocycles. The molecular formula is C46H66N4O2. The maximum Gasteiger partial charge on any atom is 0.144 e. The lowest BCUT2D eigenvalue weighted by Gasteiger charge is -2.28. The molecule has 3 rings (SSSR count). The van der Waals surface area contributed by atoms with E-state index in [4.69, 9.17) is 9.47 Å². The average molecular weight is 707 g/mol. The molecule has 0 saturated heterocycles. The summed E-state index contributed by atoms with van der Waals surface area (Å²) in [6, 6.07) is 17.2. The Kier molecular flexibility index (Phi) is 18.2. The van der Waals surface area contributed by atoms with Crippen molar-refractivity contribution in [1.82, 2.24) is 0 Å². The third kappa shape index (κ3) is 11.3. The van der Waals surface area contributed by atoms with E-state index in [0.29, 0.717) is 0 Å². The Bertz CT molecular complexity index is 1500. The molecule has 0 saturated carbocycles. The normalized spacial score (nSPS) is 10.5. The van der Waals surface area contributed by atoms with Gasteiger partial charge in [-0.05, 0) is 105 Å². The first-order chi connectivity index (χ1) is 25.4. The maximum atomic E-state index is 6.38. The zero-order valence-electron chi connectivity index (χ0n) is 34.1. The Morgan fingerprint density at radius 3 is 1.00 bits per heavy atom. The minimum absolute atomic E-state index is 0.718. The van der Waals surface area contributed by atoms with Gasteiger partial charge in [0.15, 0.2) is 0 Å². The number of hydrogen-bond donors (Lipinski definition) is 0. The standard InChI is InChI=1S/C46H66N4O2/c1-11-21-31-51-45-35-41(47(13-3)14-4)39(33-43(45)49(17-7)18-8)29-27-37-23-25-38(26-24-37)28-30-40-34-44(50(19-9)20-10)46(52-32-22-12-2)36-42(40)48(15-5)16-6/h23-26,33-36H,11-22,31-32H2,1-10H3. The van der Waals surface area contributed by atoms with Crippen molar-refractivity contribution < 1.29 is 9.47 Å². The van der Waals surface area contributed by atoms with Gasteiger partial charge in [0.1, 0.15) is 11.5 Å². The molecule has 0 radical (unpaired) electrons. The number of hydrogen-bond acceptors (Lipinski definition) is 6. The quantitative estimate of drug-likeness (QED) is 0.0859. The van der Waals surface area contributed by atoms with Crippen LogP contribution in [-0.2, 0) is 0 Å². The molecule has 0 unspecified atom stereocenters. The van der Waals surface area contributed by atoms with E-state index in [9.17, 15) is 0 Å². The van der Waals surface area contributed by atoms with Crippen LogP contribution in [0, 0.1) is 23.7 Å². The second kappa shape index (κ2) is 22.5. The van der Waals surface area contributed by atoms with Crippen molar-refractivity contribution >= 4 is 22.7 Å². The molecule has 0 fully saturated rings. The summed E-state index contributed by atoms with van der Waals surface area (Å²) in [5, 5.41) is 0. The lowest BCUT2D eigenvalue weighted by atomic mass is 10.1. The molecule has 0 atom stereocenters. The Morgan fingerprint density at radius 1 is 0.404 bits per heavy atom. The van der Waals surface area contributed by atoms with E-state index in [1.165, 1.54) is 0 Å². The second-order valence-electron chi connectivity index (χ2n) is 12.8. The molecule has 0 aliphatic carbocycles. The highest BCUT2D eigenvalue weighted by Gasteiger charge is 2.19. The number of unbranched alkanes of at least 4 members (excludes halogenated alkanes) is 2. The number of anilines is 4. The summed E-state index contributed by atoms with van der Waals surface area (Å²) < 4.78 is 12.8. The van der Waals surface area contributed by atoms with Gasteiger partial charge in [-0.25, -0.2) is 0 Å². The molecular weight excluding hydrogens is 641 g/mol. The number of rotatable bonds is 20. The number of nitrogens with zero attached hydrogens (tertiary/aromatic N) is 4. The minimum atomic E-state index is 0.718. The molecule has 6 heteroatoms. The predicted molar refractivity (Wildman–Crippen MR) is 226 cm³/mol. The van der Waals surface area contributed by atoms with Crippen LogP contribution in [-0.4, -0.2) is 65.6 Å². The van der Waals surface area contributed by atoms with Gasteiger partial charge >= 0.3 is 0 Å². The lowest BCUT2D eigenvalue weighted by Crippen LogP contribution is -2.25. The molecule has 52 heavy (non-hydrogen) atoms. The molecule has 0 amide bonds. The fraction of sp³-hybridized carbons (Fsp3) is 0.522. The fourth-order valence-electron chi connectivity index (χ4n) is 6.39. The van der Waals surface area contributed by atoms with Gasteiger partial charge in [-0.2, -0.15) is 0 Å². The number of ether oxygens (including phenoxy) is 2. The monoisotopic (exact) mass is 707 g/mol. The van der Waals surface area contributed by atoms with Gasteiger partial charge in [-0.15, -0.1) is 0 Å². The maximum absolute atomic E-state index is 6.38. The van der Waals surface area contributed by atoms with E-state index < -0.39 is 0 Å². The highest BCUT2D eigenvalue weighted by Crippen LogP contribution is 2.38. The molecule has 0 spiro atoms. The molecule has 0 bridgehead atoms. The van der Waals surface area contributed by atoms with Gasteiger partial charge in [0, 0.05) is 75.6 Å². The SMILES string of the molecule is CCCCOc1cc(N(CC)CC)c(C#Cc2ccc(C#Cc3cc(N(CC)CC)c(OCCCC)cc3N(CC)CC)cc2)cc1N(CC)CC. The third-order valence-electron chi connectivity index (χ3n) is 9.65. The first-order valence-corrected chi connectivity index (χ1v) is 20.1. The second-order valence-corrected chi connectivity index (χ2v) is 12.8. The Hall–Kier alpha value is -4.42. The van der Waals surface area contributed by atoms with Gasteiger partial charge < -0.3 is 29.1 Å². The van der Waals surface area contributed by atoms with E-state index in [1.54, 1.807) is 0 Å². The first kappa shape index (κ1) is 42.0. The van der Waals surface area contributed by atoms with E-state index in [1.807, 2.05) is 0 Å². The summed E-state index contributed by atoms with van der Waals surface area (Å²) in [7, 11) is 0. The molecule has 3 aromatic carbocycles. The van der Waals surface area contributed by atoms with Crippen LogP contribution in [0.15, 0.2) is 48.5 Å². The van der Waals surface area contributed by atoms with E-state index in [2.05, 4.69) is 161 Å². The first-order valence-electron chi connectivity index (χ1n) is 20.1. The van der Waals surface area contributed by atoms with Crippen molar-refractivity contribution in [2.75, 3.05) is 85.2 Å². The lowest BCUT2D eigenvalue weighted by molar-refractivity contribution is 0.309. The van der Waals surface area contributed by atoms with Crippen molar-refractivity contribution in [3.8, 4) is 35.2 Å². The summed E-state index contributed by atoms with van der Waals surface area (Å²) in [5.74, 6) is 15.9. The topological polar surface area (TPSA) is 31.4 Å². The van der Waals surface area contributed by atoms with Crippen LogP contribution >= 0.6 is 0 Å². The molecule has 6 nitrogen and oxygen atoms in total. The van der Waals surface area contributed by atoms with Crippen LogP contribution in [0.2, 0.25) is 0 Å². The third-order valence-corrected chi connectivity index (χ3v) is 9.65. The summed E-state index contributed by atoms with van der Waals surface area (Å²) in [4.78, 5) is 9.44. The van der Waals surface area contributed by atoms with Crippen molar-refractivity contribution in [2.24, 2.45) is 0 Å². The molecule has 0 N–H and O–H groups in total. The molecule has 282 valence electrons. The summed E-state index contributed by atoms with van der Waals surface area (Å²) >= 11 is 0. The average Bonchev–Trinajstić information content (AvgIpc) is 3.17. The molecule has 0 aliphatic rings. The van der Waals surface area contributed by atoms with Gasteiger partial charge in [0.05, 0.1) is 47.1 Å². The van der Waals surface area contributed by atoms with E-state index >= 15 is 0 Å². The summed E-state index contributed by atoms with van der Waals surface area (Å²) in [6.45, 7) is 30.6. The van der Waals surface area contributed by atoms with Gasteiger partial charge in [-0.3, -0.25) is 0 Å². The molecule has 3 aromatic rings. The zero-order chi connectivity index (χ0) is 37.9. The highest BCUT2D eigenvalue weighted by molar-refractivity contribution is 5.75. The largest absolute Gasteiger partial charge is 0.491 e. The van der Waals surface area contributed by atoms with Crippen LogP contribution < -0.4 is 29.1 Å². The van der Waals surface area contributed by atoms with Crippen LogP contribution in [0.5, 0.6) is 11.5 Å². The Labute approximate surface area is 317 Å². The predicted octanol–water partition coefficient (Wildman–Crippen LogP) is 10.2. The van der Waals surface area contributed by atoms with Crippen LogP contribution in [0.3, 0.4) is 0 Å². The fourth-order valence-corrected chi connectivity index (χ4v) is 6.39. The Morgan fingerprint density at radius 2 is 0.712 bits per heavy atom. The van der Waals surface area contributed by atoms with Crippen molar-refractivity contribution in [2.45, 2.75) is 94.9 Å². The van der Waals surface area contributed by atoms with Crippen molar-refractivity contribution in [1.29, 1.82) is 0 Å². The Balaban J connectivity index is 2.05. The van der Waals surface area contributed by atoms with Crippen molar-refractivity contribution in [3.05, 3.63) is 70.8 Å². The van der Waals surface area contributed by atoms with Crippen LogP contribution in [0.4, 0.5) is 22.7 Å². The molecule has 0 aliphatic heterocycles. The van der Waals surface area contributed by atoms with Crippen molar-refractivity contribution in [3.63, 3.8) is 0 Å². The smallest absolute Gasteiger partial charge is 0.144 e. The number of benzene rings is 3. The zero-order valence-corrected chi connectivity index (χ0v) is 34.1. The summed E-state index contributed by atoms with van der Waals surface area (Å²) in [5.41, 5.74) is 8.44. The highest BCUT2D eigenvalue weighted by atomic mass is 16.5.